The van der Waals surface area contributed by atoms with E-state index >= 15 is 0 Å². The Bertz CT molecular complexity index is 1070. The minimum Gasteiger partial charge on any atom is -0.502 e. The second-order valence-electron chi connectivity index (χ2n) is 5.59. The van der Waals surface area contributed by atoms with Gasteiger partial charge in [-0.25, -0.2) is 0 Å². The molecule has 0 atom stereocenters. The van der Waals surface area contributed by atoms with Gasteiger partial charge in [-0.1, -0.05) is 0 Å². The number of phenolic OH excluding ortho intramolecular Hbond substituents is 1. The van der Waals surface area contributed by atoms with Crippen LogP contribution in [0, 0.1) is 0 Å². The van der Waals surface area contributed by atoms with Gasteiger partial charge in [0.25, 0.3) is 0 Å². The number of carbonyl (C=O) groups is 1. The van der Waals surface area contributed by atoms with Crippen LogP contribution in [-0.4, -0.2) is 30.4 Å². The maximum Gasteiger partial charge on any atom is 0.308 e. The molecule has 140 valence electrons. The van der Waals surface area contributed by atoms with Crippen LogP contribution in [-0.2, 0) is 4.79 Å². The molecule has 0 saturated carbocycles. The number of carbonyl (C=O) groups excluding carboxylic acids is 1. The van der Waals surface area contributed by atoms with Crippen LogP contribution in [0.25, 0.3) is 22.3 Å². The Balaban J connectivity index is 2.26. The van der Waals surface area contributed by atoms with Crippen molar-refractivity contribution in [1.82, 2.24) is 0 Å². The van der Waals surface area contributed by atoms with Crippen LogP contribution in [0.2, 0.25) is 0 Å². The first-order chi connectivity index (χ1) is 12.8. The molecule has 0 spiro atoms. The number of methoxy groups -OCH3 is 2. The van der Waals surface area contributed by atoms with Crippen molar-refractivity contribution in [3.8, 4) is 40.1 Å². The number of hydrogen-bond acceptors (Lipinski definition) is 8. The number of ether oxygens (including phenoxy) is 3. The van der Waals surface area contributed by atoms with Crippen LogP contribution in [0.15, 0.2) is 39.5 Å². The normalized spacial score (nSPS) is 10.6. The third-order valence-corrected chi connectivity index (χ3v) is 3.84. The van der Waals surface area contributed by atoms with Gasteiger partial charge in [-0.2, -0.15) is 0 Å². The average Bonchev–Trinajstić information content (AvgIpc) is 2.64. The van der Waals surface area contributed by atoms with Crippen LogP contribution < -0.4 is 19.6 Å². The predicted octanol–water partition coefficient (Wildman–Crippen LogP) is 2.81. The molecule has 0 saturated heterocycles. The summed E-state index contributed by atoms with van der Waals surface area (Å²) in [4.78, 5) is 23.6. The third-order valence-electron chi connectivity index (χ3n) is 3.84. The Morgan fingerprint density at radius 1 is 1.00 bits per heavy atom. The van der Waals surface area contributed by atoms with Crippen molar-refractivity contribution >= 4 is 16.9 Å². The Kier molecular flexibility index (Phi) is 4.64. The van der Waals surface area contributed by atoms with Gasteiger partial charge in [0.15, 0.2) is 17.3 Å². The molecule has 2 N–H and O–H groups in total. The first-order valence-corrected chi connectivity index (χ1v) is 7.79. The molecule has 8 nitrogen and oxygen atoms in total. The van der Waals surface area contributed by atoms with Crippen LogP contribution in [0.3, 0.4) is 0 Å². The van der Waals surface area contributed by atoms with Gasteiger partial charge in [-0.15, -0.1) is 0 Å². The Hall–Kier alpha value is -3.68. The lowest BCUT2D eigenvalue weighted by Crippen LogP contribution is -2.05. The molecule has 8 heteroatoms. The molecule has 0 aliphatic rings. The van der Waals surface area contributed by atoms with E-state index in [0.29, 0.717) is 0 Å². The quantitative estimate of drug-likeness (QED) is 0.531. The molecule has 0 unspecified atom stereocenters. The summed E-state index contributed by atoms with van der Waals surface area (Å²) in [5.41, 5.74) is -0.305. The van der Waals surface area contributed by atoms with E-state index < -0.39 is 17.1 Å². The first-order valence-electron chi connectivity index (χ1n) is 7.79. The molecule has 0 fully saturated rings. The standard InChI is InChI=1S/C19H16O8/c1-9(20)26-11-4-5-12-13(8-11)27-19(18(23)16(12)21)10-6-14(24-2)17(22)15(7-10)25-3/h4-8,22-23H,1-3H3. The number of aromatic hydroxyl groups is 2. The molecule has 0 amide bonds. The summed E-state index contributed by atoms with van der Waals surface area (Å²) >= 11 is 0. The van der Waals surface area contributed by atoms with Crippen LogP contribution in [0.5, 0.6) is 28.7 Å². The van der Waals surface area contributed by atoms with Crippen LogP contribution in [0.1, 0.15) is 6.92 Å². The fourth-order valence-corrected chi connectivity index (χ4v) is 2.61. The summed E-state index contributed by atoms with van der Waals surface area (Å²) in [6.07, 6.45) is 0. The summed E-state index contributed by atoms with van der Waals surface area (Å²) < 4.78 is 20.8. The van der Waals surface area contributed by atoms with Crippen molar-refractivity contribution in [3.63, 3.8) is 0 Å². The fraction of sp³-hybridized carbons (Fsp3) is 0.158. The van der Waals surface area contributed by atoms with E-state index in [9.17, 15) is 19.8 Å². The molecule has 0 bridgehead atoms. The first kappa shape index (κ1) is 18.1. The van der Waals surface area contributed by atoms with Gasteiger partial charge in [0, 0.05) is 18.6 Å². The lowest BCUT2D eigenvalue weighted by Gasteiger charge is -2.12. The summed E-state index contributed by atoms with van der Waals surface area (Å²) in [6, 6.07) is 6.96. The molecule has 1 aromatic heterocycles. The van der Waals surface area contributed by atoms with Gasteiger partial charge in [0.2, 0.25) is 16.9 Å². The lowest BCUT2D eigenvalue weighted by atomic mass is 10.1. The largest absolute Gasteiger partial charge is 0.502 e. The number of hydrogen-bond donors (Lipinski definition) is 2. The third kappa shape index (κ3) is 3.24. The molecule has 2 aromatic carbocycles. The van der Waals surface area contributed by atoms with Crippen molar-refractivity contribution in [1.29, 1.82) is 0 Å². The summed E-state index contributed by atoms with van der Waals surface area (Å²) in [7, 11) is 2.69. The van der Waals surface area contributed by atoms with Gasteiger partial charge in [-0.05, 0) is 24.3 Å². The van der Waals surface area contributed by atoms with Crippen molar-refractivity contribution in [3.05, 3.63) is 40.6 Å². The van der Waals surface area contributed by atoms with E-state index in [0.717, 1.165) is 0 Å². The highest BCUT2D eigenvalue weighted by Crippen LogP contribution is 2.42. The zero-order chi connectivity index (χ0) is 19.7. The van der Waals surface area contributed by atoms with Gasteiger partial charge >= 0.3 is 5.97 Å². The summed E-state index contributed by atoms with van der Waals surface area (Å²) in [6.45, 7) is 1.25. The second kappa shape index (κ2) is 6.91. The van der Waals surface area contributed by atoms with Gasteiger partial charge in [0.05, 0.1) is 19.6 Å². The average molecular weight is 372 g/mol. The maximum absolute atomic E-state index is 12.5. The molecular weight excluding hydrogens is 356 g/mol. The number of esters is 1. The minimum atomic E-state index is -0.661. The Morgan fingerprint density at radius 2 is 1.63 bits per heavy atom. The summed E-state index contributed by atoms with van der Waals surface area (Å²) in [5, 5.41) is 20.5. The topological polar surface area (TPSA) is 115 Å². The molecule has 3 aromatic rings. The maximum atomic E-state index is 12.5. The molecule has 3 rings (SSSR count). The molecule has 1 heterocycles. The van der Waals surface area contributed by atoms with Crippen molar-refractivity contribution < 1.29 is 33.6 Å². The SMILES string of the molecule is COc1cc(-c2oc3cc(OC(C)=O)ccc3c(=O)c2O)cc(OC)c1O. The van der Waals surface area contributed by atoms with Gasteiger partial charge in [-0.3, -0.25) is 9.59 Å². The molecule has 0 radical (unpaired) electrons. The molecular formula is C19H16O8. The van der Waals surface area contributed by atoms with Crippen molar-refractivity contribution in [2.75, 3.05) is 14.2 Å². The zero-order valence-electron chi connectivity index (χ0n) is 14.7. The number of fused-ring (bicyclic) bond motifs is 1. The van der Waals surface area contributed by atoms with Crippen molar-refractivity contribution in [2.45, 2.75) is 6.92 Å². The fourth-order valence-electron chi connectivity index (χ4n) is 2.61. The lowest BCUT2D eigenvalue weighted by molar-refractivity contribution is -0.131. The van der Waals surface area contributed by atoms with Crippen molar-refractivity contribution in [2.24, 2.45) is 0 Å². The van der Waals surface area contributed by atoms with Crippen LogP contribution in [0.4, 0.5) is 0 Å². The molecule has 0 aliphatic heterocycles. The van der Waals surface area contributed by atoms with E-state index in [2.05, 4.69) is 0 Å². The van der Waals surface area contributed by atoms with E-state index in [1.807, 2.05) is 0 Å². The molecule has 0 aliphatic carbocycles. The zero-order valence-corrected chi connectivity index (χ0v) is 14.7. The Labute approximate surface area is 153 Å². The highest BCUT2D eigenvalue weighted by molar-refractivity contribution is 5.84. The number of benzene rings is 2. The monoisotopic (exact) mass is 372 g/mol. The van der Waals surface area contributed by atoms with E-state index in [1.54, 1.807) is 0 Å². The highest BCUT2D eigenvalue weighted by atomic mass is 16.5. The van der Waals surface area contributed by atoms with Gasteiger partial charge in [0.1, 0.15) is 11.3 Å². The minimum absolute atomic E-state index is 0.0696. The molecule has 27 heavy (non-hydrogen) atoms. The predicted molar refractivity (Wildman–Crippen MR) is 95.7 cm³/mol. The smallest absolute Gasteiger partial charge is 0.308 e. The second-order valence-corrected chi connectivity index (χ2v) is 5.59. The van der Waals surface area contributed by atoms with E-state index in [-0.39, 0.29) is 45.3 Å². The number of rotatable bonds is 4. The van der Waals surface area contributed by atoms with E-state index in [4.69, 9.17) is 18.6 Å². The van der Waals surface area contributed by atoms with Gasteiger partial charge < -0.3 is 28.8 Å². The highest BCUT2D eigenvalue weighted by Gasteiger charge is 2.20. The van der Waals surface area contributed by atoms with E-state index in [1.165, 1.54) is 51.5 Å². The Morgan fingerprint density at radius 3 is 2.19 bits per heavy atom. The summed E-state index contributed by atoms with van der Waals surface area (Å²) in [5.74, 6) is -1.19. The number of phenols is 1. The van der Waals surface area contributed by atoms with Crippen LogP contribution >= 0.6 is 0 Å².